The summed E-state index contributed by atoms with van der Waals surface area (Å²) < 4.78 is 5.22. The lowest BCUT2D eigenvalue weighted by molar-refractivity contribution is 0.135. The van der Waals surface area contributed by atoms with Crippen molar-refractivity contribution in [1.29, 1.82) is 0 Å². The highest BCUT2D eigenvalue weighted by Gasteiger charge is 2.26. The summed E-state index contributed by atoms with van der Waals surface area (Å²) in [5, 5.41) is 2.82. The topological polar surface area (TPSA) is 58.6 Å². The molecule has 0 aliphatic heterocycles. The molecule has 0 aromatic heterocycles. The van der Waals surface area contributed by atoms with E-state index in [1.54, 1.807) is 0 Å². The van der Waals surface area contributed by atoms with Crippen LogP contribution in [0.5, 0.6) is 0 Å². The van der Waals surface area contributed by atoms with Crippen LogP contribution in [0.25, 0.3) is 0 Å². The molecule has 0 bridgehead atoms. The predicted molar refractivity (Wildman–Crippen MR) is 160 cm³/mol. The number of hydrogen-bond acceptors (Lipinski definition) is 3. The first-order valence-corrected chi connectivity index (χ1v) is 20.5. The molecule has 0 spiro atoms. The van der Waals surface area contributed by atoms with Crippen LogP contribution in [-0.2, 0) is 4.74 Å². The molecule has 6 heteroatoms. The summed E-state index contributed by atoms with van der Waals surface area (Å²) in [5.41, 5.74) is 0.980. The third-order valence-electron chi connectivity index (χ3n) is 6.71. The van der Waals surface area contributed by atoms with E-state index >= 15 is 0 Å². The van der Waals surface area contributed by atoms with Crippen LogP contribution in [-0.4, -0.2) is 40.1 Å². The minimum Gasteiger partial charge on any atom is -0.450 e. The van der Waals surface area contributed by atoms with Gasteiger partial charge in [-0.3, -0.25) is 0 Å². The number of unbranched alkanes of at least 4 members (excludes halogenated alkanes) is 14. The molecular weight excluding hydrogens is 466 g/mol. The fourth-order valence-corrected chi connectivity index (χ4v) is 14.4. The number of carbonyl (C=O) groups is 1. The molecule has 35 heavy (non-hydrogen) atoms. The van der Waals surface area contributed by atoms with Crippen molar-refractivity contribution in [1.82, 2.24) is 5.32 Å². The van der Waals surface area contributed by atoms with Crippen LogP contribution in [0, 0.1) is 0 Å². The standard InChI is InChI=1S/C29H61NO3Si2/c1-7-8-9-10-11-16-19-22-25-34(5)27-35(6,32)26-23-20-17-14-12-13-15-18-21-24-33-28(31)30-29(2,3)4/h7,32,34H,1,8-27H2,2-6H3,(H,30,31). The van der Waals surface area contributed by atoms with Crippen molar-refractivity contribution in [3.8, 4) is 0 Å². The van der Waals surface area contributed by atoms with Gasteiger partial charge in [-0.25, -0.2) is 4.79 Å². The highest BCUT2D eigenvalue weighted by atomic mass is 28.4. The normalized spacial score (nSPS) is 14.3. The Hall–Kier alpha value is -0.596. The van der Waals surface area contributed by atoms with Crippen molar-refractivity contribution in [2.75, 3.05) is 6.61 Å². The summed E-state index contributed by atoms with van der Waals surface area (Å²) in [6.07, 6.45) is 22.1. The molecule has 2 unspecified atom stereocenters. The van der Waals surface area contributed by atoms with Crippen LogP contribution >= 0.6 is 0 Å². The van der Waals surface area contributed by atoms with Crippen molar-refractivity contribution < 1.29 is 14.3 Å². The molecule has 0 saturated carbocycles. The van der Waals surface area contributed by atoms with E-state index < -0.39 is 17.1 Å². The lowest BCUT2D eigenvalue weighted by Gasteiger charge is -2.23. The number of ether oxygens (including phenoxy) is 1. The Kier molecular flexibility index (Phi) is 21.1. The minimum atomic E-state index is -1.96. The molecule has 0 rings (SSSR count). The molecule has 0 aliphatic carbocycles. The third-order valence-corrected chi connectivity index (χ3v) is 15.8. The first-order valence-electron chi connectivity index (χ1n) is 14.8. The molecule has 0 radical (unpaired) electrons. The van der Waals surface area contributed by atoms with Gasteiger partial charge < -0.3 is 14.8 Å². The van der Waals surface area contributed by atoms with Crippen LogP contribution in [0.3, 0.4) is 0 Å². The third kappa shape index (κ3) is 26.3. The average Bonchev–Trinajstić information content (AvgIpc) is 2.74. The lowest BCUT2D eigenvalue weighted by atomic mass is 10.1. The van der Waals surface area contributed by atoms with Crippen LogP contribution in [0.1, 0.15) is 124 Å². The van der Waals surface area contributed by atoms with Crippen molar-refractivity contribution in [2.45, 2.75) is 160 Å². The van der Waals surface area contributed by atoms with Gasteiger partial charge in [-0.05, 0) is 58.3 Å². The van der Waals surface area contributed by atoms with Gasteiger partial charge in [-0.15, -0.1) is 6.58 Å². The highest BCUT2D eigenvalue weighted by molar-refractivity contribution is 6.84. The fourth-order valence-electron chi connectivity index (χ4n) is 4.80. The quantitative estimate of drug-likeness (QED) is 0.0792. The van der Waals surface area contributed by atoms with Crippen molar-refractivity contribution >= 4 is 23.2 Å². The number of allylic oxidation sites excluding steroid dienone is 1. The molecule has 208 valence electrons. The number of nitrogens with one attached hydrogen (secondary N) is 1. The predicted octanol–water partition coefficient (Wildman–Crippen LogP) is 8.90. The second kappa shape index (κ2) is 21.5. The Morgan fingerprint density at radius 1 is 0.886 bits per heavy atom. The maximum absolute atomic E-state index is 11.6. The van der Waals surface area contributed by atoms with E-state index in [4.69, 9.17) is 4.74 Å². The molecule has 0 saturated heterocycles. The first kappa shape index (κ1) is 34.4. The Bertz CT molecular complexity index is 521. The largest absolute Gasteiger partial charge is 0.450 e. The van der Waals surface area contributed by atoms with Gasteiger partial charge in [0.25, 0.3) is 0 Å². The summed E-state index contributed by atoms with van der Waals surface area (Å²) in [4.78, 5) is 22.6. The zero-order chi connectivity index (χ0) is 26.4. The van der Waals surface area contributed by atoms with Crippen LogP contribution in [0.4, 0.5) is 4.79 Å². The highest BCUT2D eigenvalue weighted by Crippen LogP contribution is 2.22. The molecule has 0 aromatic rings. The summed E-state index contributed by atoms with van der Waals surface area (Å²) in [6.45, 7) is 14.9. The van der Waals surface area contributed by atoms with Crippen molar-refractivity contribution in [2.24, 2.45) is 0 Å². The van der Waals surface area contributed by atoms with Gasteiger partial charge >= 0.3 is 6.09 Å². The maximum atomic E-state index is 11.6. The Labute approximate surface area is 221 Å². The minimum absolute atomic E-state index is 0.236. The zero-order valence-electron chi connectivity index (χ0n) is 24.3. The molecule has 0 heterocycles. The van der Waals surface area contributed by atoms with Crippen molar-refractivity contribution in [3.63, 3.8) is 0 Å². The molecular formula is C29H61NO3Si2. The van der Waals surface area contributed by atoms with E-state index in [2.05, 4.69) is 25.0 Å². The van der Waals surface area contributed by atoms with E-state index in [1.807, 2.05) is 26.8 Å². The second-order valence-corrected chi connectivity index (χ2v) is 20.2. The number of alkyl carbamates (subject to hydrolysis) is 1. The summed E-state index contributed by atoms with van der Waals surface area (Å²) in [6, 6.07) is 2.53. The molecule has 2 atom stereocenters. The number of carbonyl (C=O) groups excluding carboxylic acids is 1. The number of hydrogen-bond donors (Lipinski definition) is 2. The monoisotopic (exact) mass is 527 g/mol. The Morgan fingerprint density at radius 2 is 1.37 bits per heavy atom. The SMILES string of the molecule is C=CCCCCCCCC[SiH](C)C[Si](C)(O)CCCCCCCCCCCOC(=O)NC(C)(C)C. The summed E-state index contributed by atoms with van der Waals surface area (Å²) >= 11 is 0. The van der Waals surface area contributed by atoms with Gasteiger partial charge in [-0.2, -0.15) is 0 Å². The van der Waals surface area contributed by atoms with E-state index in [0.717, 1.165) is 18.9 Å². The summed E-state index contributed by atoms with van der Waals surface area (Å²) in [7, 11) is -2.69. The smallest absolute Gasteiger partial charge is 0.407 e. The number of amides is 1. The van der Waals surface area contributed by atoms with Crippen LogP contribution < -0.4 is 5.32 Å². The molecule has 4 nitrogen and oxygen atoms in total. The summed E-state index contributed by atoms with van der Waals surface area (Å²) in [5.74, 6) is 0. The second-order valence-electron chi connectivity index (χ2n) is 12.2. The van der Waals surface area contributed by atoms with Gasteiger partial charge in [-0.1, -0.05) is 102 Å². The fraction of sp³-hybridized carbons (Fsp3) is 0.897. The number of rotatable bonds is 23. The van der Waals surface area contributed by atoms with Gasteiger partial charge in [0.05, 0.1) is 6.61 Å². The van der Waals surface area contributed by atoms with Gasteiger partial charge in [0.1, 0.15) is 0 Å². The van der Waals surface area contributed by atoms with Gasteiger partial charge in [0.15, 0.2) is 8.32 Å². The molecule has 1 amide bonds. The zero-order valence-corrected chi connectivity index (χ0v) is 26.4. The van der Waals surface area contributed by atoms with E-state index in [0.29, 0.717) is 6.61 Å². The van der Waals surface area contributed by atoms with Crippen molar-refractivity contribution in [3.05, 3.63) is 12.7 Å². The molecule has 0 aromatic carbocycles. The van der Waals surface area contributed by atoms with Gasteiger partial charge in [0, 0.05) is 14.3 Å². The molecule has 0 aliphatic rings. The Morgan fingerprint density at radius 3 is 1.91 bits per heavy atom. The maximum Gasteiger partial charge on any atom is 0.407 e. The molecule has 0 fully saturated rings. The van der Waals surface area contributed by atoms with E-state index in [9.17, 15) is 9.59 Å². The van der Waals surface area contributed by atoms with Crippen LogP contribution in [0.2, 0.25) is 30.8 Å². The molecule has 2 N–H and O–H groups in total. The van der Waals surface area contributed by atoms with Gasteiger partial charge in [0.2, 0.25) is 0 Å². The van der Waals surface area contributed by atoms with Crippen LogP contribution in [0.15, 0.2) is 12.7 Å². The Balaban J connectivity index is 3.52. The lowest BCUT2D eigenvalue weighted by Crippen LogP contribution is -2.41. The van der Waals surface area contributed by atoms with E-state index in [-0.39, 0.29) is 11.6 Å². The average molecular weight is 528 g/mol. The first-order chi connectivity index (χ1) is 16.6. The van der Waals surface area contributed by atoms with E-state index in [1.165, 1.54) is 102 Å².